The first-order valence-electron chi connectivity index (χ1n) is 5.00. The molecular weight excluding hydrogens is 295 g/mol. The molecule has 0 saturated carbocycles. The smallest absolute Gasteiger partial charge is 0.258 e. The molecule has 2 aromatic rings. The number of hydrogen-bond donors (Lipinski definition) is 1. The van der Waals surface area contributed by atoms with Crippen LogP contribution < -0.4 is 4.72 Å². The van der Waals surface area contributed by atoms with Crippen molar-refractivity contribution < 1.29 is 17.7 Å². The van der Waals surface area contributed by atoms with Gasteiger partial charge in [0.2, 0.25) is 5.82 Å². The molecule has 0 bridgehead atoms. The molecule has 12 heteroatoms. The van der Waals surface area contributed by atoms with E-state index in [1.54, 1.807) is 0 Å². The minimum Gasteiger partial charge on any atom is -0.258 e. The van der Waals surface area contributed by atoms with Crippen molar-refractivity contribution in [2.75, 3.05) is 4.72 Å². The Balaban J connectivity index is 2.35. The third-order valence-corrected chi connectivity index (χ3v) is 3.49. The maximum absolute atomic E-state index is 13.4. The van der Waals surface area contributed by atoms with Crippen LogP contribution >= 0.6 is 0 Å². The molecule has 1 aromatic heterocycles. The number of nitro benzene ring substituents is 1. The van der Waals surface area contributed by atoms with Crippen LogP contribution in [0.4, 0.5) is 16.0 Å². The second-order valence-corrected chi connectivity index (χ2v) is 5.26. The quantitative estimate of drug-likeness (QED) is 0.623. The Hall–Kier alpha value is -2.63. The molecule has 0 saturated heterocycles. The van der Waals surface area contributed by atoms with Gasteiger partial charge in [-0.2, -0.15) is 9.19 Å². The molecule has 10 nitrogen and oxygen atoms in total. The summed E-state index contributed by atoms with van der Waals surface area (Å²) < 4.78 is 39.1. The van der Waals surface area contributed by atoms with Gasteiger partial charge in [-0.25, -0.2) is 13.1 Å². The van der Waals surface area contributed by atoms with Gasteiger partial charge in [0.15, 0.2) is 0 Å². The van der Waals surface area contributed by atoms with Crippen LogP contribution in [0.3, 0.4) is 0 Å². The number of sulfonamides is 1. The highest BCUT2D eigenvalue weighted by atomic mass is 32.2. The van der Waals surface area contributed by atoms with Crippen molar-refractivity contribution in [3.63, 3.8) is 0 Å². The van der Waals surface area contributed by atoms with Gasteiger partial charge in [-0.15, -0.1) is 5.10 Å². The lowest BCUT2D eigenvalue weighted by molar-refractivity contribution is -0.387. The van der Waals surface area contributed by atoms with Crippen molar-refractivity contribution in [2.45, 2.75) is 4.90 Å². The molecule has 0 fully saturated rings. The van der Waals surface area contributed by atoms with Gasteiger partial charge in [-0.3, -0.25) is 10.1 Å². The maximum Gasteiger partial charge on any atom is 0.304 e. The van der Waals surface area contributed by atoms with E-state index in [4.69, 9.17) is 0 Å². The number of nitrogens with one attached hydrogen (secondary N) is 1. The first kappa shape index (κ1) is 13.8. The fourth-order valence-electron chi connectivity index (χ4n) is 1.31. The van der Waals surface area contributed by atoms with E-state index in [2.05, 4.69) is 15.4 Å². The Bertz CT molecular complexity index is 773. The number of aromatic nitrogens is 4. The number of anilines is 1. The summed E-state index contributed by atoms with van der Waals surface area (Å²) in [5.41, 5.74) is -0.818. The minimum absolute atomic E-state index is 0.300. The van der Waals surface area contributed by atoms with E-state index >= 15 is 0 Å². The minimum atomic E-state index is -4.16. The topological polar surface area (TPSA) is 133 Å². The SMILES string of the molecule is Cn1nnc(NS(=O)(=O)c2ccc([N+](=O)[O-])c(F)c2)n1. The molecule has 0 spiro atoms. The van der Waals surface area contributed by atoms with E-state index in [1.165, 1.54) is 7.05 Å². The van der Waals surface area contributed by atoms with E-state index in [0.29, 0.717) is 6.07 Å². The van der Waals surface area contributed by atoms with Crippen LogP contribution in [0, 0.1) is 15.9 Å². The average molecular weight is 302 g/mol. The Labute approximate surface area is 111 Å². The molecule has 2 rings (SSSR count). The highest BCUT2D eigenvalue weighted by Gasteiger charge is 2.21. The van der Waals surface area contributed by atoms with Gasteiger partial charge in [0.05, 0.1) is 16.9 Å². The first-order chi connectivity index (χ1) is 9.29. The zero-order valence-electron chi connectivity index (χ0n) is 9.89. The fraction of sp³-hybridized carbons (Fsp3) is 0.125. The summed E-state index contributed by atoms with van der Waals surface area (Å²) in [7, 11) is -2.73. The molecule has 0 unspecified atom stereocenters. The number of nitro groups is 1. The van der Waals surface area contributed by atoms with Crippen molar-refractivity contribution in [3.05, 3.63) is 34.1 Å². The van der Waals surface area contributed by atoms with Crippen LogP contribution in [0.2, 0.25) is 0 Å². The van der Waals surface area contributed by atoms with E-state index < -0.39 is 31.3 Å². The normalized spacial score (nSPS) is 11.3. The van der Waals surface area contributed by atoms with Crippen molar-refractivity contribution in [1.29, 1.82) is 0 Å². The summed E-state index contributed by atoms with van der Waals surface area (Å²) >= 11 is 0. The number of aryl methyl sites for hydroxylation is 1. The molecular formula is C8H7FN6O4S. The summed E-state index contributed by atoms with van der Waals surface area (Å²) in [4.78, 5) is 10.0. The Kier molecular flexibility index (Phi) is 3.31. The number of halogens is 1. The van der Waals surface area contributed by atoms with Gasteiger partial charge < -0.3 is 0 Å². The molecule has 1 aromatic carbocycles. The van der Waals surface area contributed by atoms with Gasteiger partial charge in [-0.05, 0) is 11.3 Å². The lowest BCUT2D eigenvalue weighted by Crippen LogP contribution is -2.14. The third-order valence-electron chi connectivity index (χ3n) is 2.16. The average Bonchev–Trinajstić information content (AvgIpc) is 2.73. The number of hydrogen-bond acceptors (Lipinski definition) is 7. The molecule has 0 atom stereocenters. The van der Waals surface area contributed by atoms with Crippen molar-refractivity contribution in [2.24, 2.45) is 7.05 Å². The van der Waals surface area contributed by atoms with E-state index in [-0.39, 0.29) is 5.95 Å². The van der Waals surface area contributed by atoms with E-state index in [9.17, 15) is 22.9 Å². The zero-order chi connectivity index (χ0) is 14.9. The van der Waals surface area contributed by atoms with Gasteiger partial charge in [-0.1, -0.05) is 5.10 Å². The second kappa shape index (κ2) is 4.80. The predicted octanol–water partition coefficient (Wildman–Crippen LogP) is 0.0582. The molecule has 1 heterocycles. The summed E-state index contributed by atoms with van der Waals surface area (Å²) in [5, 5.41) is 20.9. The van der Waals surface area contributed by atoms with Crippen LogP contribution in [-0.4, -0.2) is 33.5 Å². The number of rotatable bonds is 4. The Morgan fingerprint density at radius 3 is 2.65 bits per heavy atom. The van der Waals surface area contributed by atoms with Crippen molar-refractivity contribution in [3.8, 4) is 0 Å². The summed E-state index contributed by atoms with van der Waals surface area (Å²) in [6.07, 6.45) is 0. The Morgan fingerprint density at radius 2 is 2.15 bits per heavy atom. The molecule has 20 heavy (non-hydrogen) atoms. The van der Waals surface area contributed by atoms with Crippen LogP contribution in [0.1, 0.15) is 0 Å². The van der Waals surface area contributed by atoms with Crippen LogP contribution in [-0.2, 0) is 17.1 Å². The lowest BCUT2D eigenvalue weighted by Gasteiger charge is -2.04. The molecule has 0 radical (unpaired) electrons. The Morgan fingerprint density at radius 1 is 1.45 bits per heavy atom. The molecule has 0 aliphatic rings. The number of nitrogens with zero attached hydrogens (tertiary/aromatic N) is 5. The highest BCUT2D eigenvalue weighted by Crippen LogP contribution is 2.21. The molecule has 106 valence electrons. The zero-order valence-corrected chi connectivity index (χ0v) is 10.7. The molecule has 0 aliphatic carbocycles. The maximum atomic E-state index is 13.4. The summed E-state index contributed by atoms with van der Waals surface area (Å²) in [6.45, 7) is 0. The second-order valence-electron chi connectivity index (χ2n) is 3.58. The van der Waals surface area contributed by atoms with Crippen LogP contribution in [0.15, 0.2) is 23.1 Å². The largest absolute Gasteiger partial charge is 0.304 e. The predicted molar refractivity (Wildman–Crippen MR) is 62.7 cm³/mol. The van der Waals surface area contributed by atoms with Gasteiger partial charge >= 0.3 is 5.69 Å². The number of tetrazole rings is 1. The van der Waals surface area contributed by atoms with Crippen molar-refractivity contribution >= 4 is 21.7 Å². The molecule has 0 amide bonds. The van der Waals surface area contributed by atoms with Gasteiger partial charge in [0.25, 0.3) is 16.0 Å². The van der Waals surface area contributed by atoms with Crippen LogP contribution in [0.5, 0.6) is 0 Å². The van der Waals surface area contributed by atoms with E-state index in [1.807, 2.05) is 4.72 Å². The van der Waals surface area contributed by atoms with Gasteiger partial charge in [0.1, 0.15) is 0 Å². The molecule has 0 aliphatic heterocycles. The third kappa shape index (κ3) is 2.69. The number of benzene rings is 1. The summed E-state index contributed by atoms with van der Waals surface area (Å²) in [5.74, 6) is -1.56. The molecule has 1 N–H and O–H groups in total. The monoisotopic (exact) mass is 302 g/mol. The van der Waals surface area contributed by atoms with Gasteiger partial charge in [0, 0.05) is 12.1 Å². The standard InChI is InChI=1S/C8H7FN6O4S/c1-14-11-8(10-13-14)12-20(18,19)5-2-3-7(15(16)17)6(9)4-5/h2-4H,1H3,(H,11,12). The lowest BCUT2D eigenvalue weighted by atomic mass is 10.3. The van der Waals surface area contributed by atoms with E-state index in [0.717, 1.165) is 16.9 Å². The summed E-state index contributed by atoms with van der Waals surface area (Å²) in [6, 6.07) is 2.20. The van der Waals surface area contributed by atoms with Crippen LogP contribution in [0.25, 0.3) is 0 Å². The fourth-order valence-corrected chi connectivity index (χ4v) is 2.25. The highest BCUT2D eigenvalue weighted by molar-refractivity contribution is 7.92. The van der Waals surface area contributed by atoms with Crippen molar-refractivity contribution in [1.82, 2.24) is 20.2 Å². The first-order valence-corrected chi connectivity index (χ1v) is 6.48.